The first-order chi connectivity index (χ1) is 15.1. The van der Waals surface area contributed by atoms with Gasteiger partial charge in [-0.1, -0.05) is 19.9 Å². The number of aromatic hydroxyl groups is 1. The number of ether oxygens (including phenoxy) is 1. The molecule has 2 aliphatic rings. The van der Waals surface area contributed by atoms with Crippen LogP contribution < -0.4 is 0 Å². The summed E-state index contributed by atoms with van der Waals surface area (Å²) < 4.78 is 22.8. The number of phenolic OH excluding ortho intramolecular Hbond substituents is 1. The highest BCUT2D eigenvalue weighted by Crippen LogP contribution is 2.55. The number of aryl methyl sites for hydroxylation is 1. The van der Waals surface area contributed by atoms with Gasteiger partial charge in [-0.05, 0) is 68.5 Å². The normalized spacial score (nSPS) is 24.6. The molecular formula is C26H28FNO4. The number of hydrogen-bond acceptors (Lipinski definition) is 3. The highest BCUT2D eigenvalue weighted by molar-refractivity contribution is 5.94. The van der Waals surface area contributed by atoms with Crippen LogP contribution in [0.5, 0.6) is 5.75 Å². The van der Waals surface area contributed by atoms with Gasteiger partial charge in [-0.25, -0.2) is 4.39 Å². The van der Waals surface area contributed by atoms with E-state index >= 15 is 0 Å². The largest absolute Gasteiger partial charge is 0.507 e. The molecule has 0 bridgehead atoms. The molecule has 5 nitrogen and oxygen atoms in total. The molecule has 3 aromatic rings. The second-order valence-electron chi connectivity index (χ2n) is 9.94. The number of phenols is 1. The lowest BCUT2D eigenvalue weighted by Gasteiger charge is -2.47. The van der Waals surface area contributed by atoms with Crippen LogP contribution in [0.3, 0.4) is 0 Å². The van der Waals surface area contributed by atoms with Gasteiger partial charge < -0.3 is 19.5 Å². The number of carbonyl (C=O) groups is 1. The fraction of sp³-hybridized carbons (Fsp3) is 0.423. The number of nitrogens with zero attached hydrogens (tertiary/aromatic N) is 1. The predicted octanol–water partition coefficient (Wildman–Crippen LogP) is 5.56. The Hall–Kier alpha value is -2.86. The molecule has 1 saturated carbocycles. The zero-order valence-electron chi connectivity index (χ0n) is 18.6. The second kappa shape index (κ2) is 7.07. The van der Waals surface area contributed by atoms with E-state index in [4.69, 9.17) is 4.74 Å². The Labute approximate surface area is 186 Å². The summed E-state index contributed by atoms with van der Waals surface area (Å²) in [7, 11) is 0. The number of aliphatic carboxylic acids is 1. The fourth-order valence-electron chi connectivity index (χ4n) is 5.63. The van der Waals surface area contributed by atoms with E-state index in [0.717, 1.165) is 27.8 Å². The third-order valence-corrected chi connectivity index (χ3v) is 7.32. The Bertz CT molecular complexity index is 1230. The standard InChI is InChI=1S/C26H28FNO4/c1-15-13-17(7-8-18(15)27)28-19-5-4-6-20(29)21(19)22-23(28)25(2,3)14-32-26(22)11-9-16(10-12-26)24(30)31/h4-8,13,16,29H,9-12,14H2,1-3H3,(H,30,31)/t16-,26+. The van der Waals surface area contributed by atoms with Crippen LogP contribution in [0.4, 0.5) is 4.39 Å². The van der Waals surface area contributed by atoms with Crippen LogP contribution in [0.2, 0.25) is 0 Å². The van der Waals surface area contributed by atoms with Gasteiger partial charge in [-0.15, -0.1) is 0 Å². The Balaban J connectivity index is 1.82. The maximum Gasteiger partial charge on any atom is 0.306 e. The van der Waals surface area contributed by atoms with E-state index in [9.17, 15) is 19.4 Å². The smallest absolute Gasteiger partial charge is 0.306 e. The van der Waals surface area contributed by atoms with Crippen molar-refractivity contribution in [1.82, 2.24) is 4.57 Å². The van der Waals surface area contributed by atoms with Crippen molar-refractivity contribution in [1.29, 1.82) is 0 Å². The van der Waals surface area contributed by atoms with E-state index < -0.39 is 11.6 Å². The quantitative estimate of drug-likeness (QED) is 0.550. The Morgan fingerprint density at radius 1 is 1.19 bits per heavy atom. The van der Waals surface area contributed by atoms with Gasteiger partial charge in [-0.2, -0.15) is 0 Å². The molecule has 5 rings (SSSR count). The third kappa shape index (κ3) is 2.96. The van der Waals surface area contributed by atoms with Gasteiger partial charge in [0.25, 0.3) is 0 Å². The molecule has 2 heterocycles. The number of carboxylic acids is 1. The summed E-state index contributed by atoms with van der Waals surface area (Å²) in [5.74, 6) is -1.21. The van der Waals surface area contributed by atoms with E-state index in [0.29, 0.717) is 37.9 Å². The molecule has 1 aromatic heterocycles. The molecule has 2 N–H and O–H groups in total. The van der Waals surface area contributed by atoms with Crippen LogP contribution in [-0.2, 0) is 20.5 Å². The SMILES string of the molecule is Cc1cc(-n2c3c(c4c(O)cccc42)[C@]2(CC[C@H](C(=O)O)CC2)OCC3(C)C)ccc1F. The number of benzene rings is 2. The lowest BCUT2D eigenvalue weighted by molar-refractivity contribution is -0.149. The number of rotatable bonds is 2. The molecule has 2 aromatic carbocycles. The van der Waals surface area contributed by atoms with E-state index in [1.54, 1.807) is 19.1 Å². The van der Waals surface area contributed by atoms with Crippen LogP contribution >= 0.6 is 0 Å². The molecule has 1 aliphatic carbocycles. The first-order valence-corrected chi connectivity index (χ1v) is 11.2. The maximum absolute atomic E-state index is 14.1. The lowest BCUT2D eigenvalue weighted by atomic mass is 9.69. The van der Waals surface area contributed by atoms with Gasteiger partial charge in [0, 0.05) is 27.7 Å². The third-order valence-electron chi connectivity index (χ3n) is 7.32. The van der Waals surface area contributed by atoms with E-state index in [-0.39, 0.29) is 22.9 Å². The van der Waals surface area contributed by atoms with Crippen molar-refractivity contribution in [2.75, 3.05) is 6.61 Å². The first kappa shape index (κ1) is 21.0. The molecule has 1 spiro atoms. The van der Waals surface area contributed by atoms with Crippen molar-refractivity contribution in [3.8, 4) is 11.4 Å². The second-order valence-corrected chi connectivity index (χ2v) is 9.94. The van der Waals surface area contributed by atoms with Crippen molar-refractivity contribution in [3.63, 3.8) is 0 Å². The van der Waals surface area contributed by atoms with Crippen molar-refractivity contribution in [3.05, 3.63) is 59.0 Å². The van der Waals surface area contributed by atoms with Gasteiger partial charge in [0.15, 0.2) is 0 Å². The zero-order chi connectivity index (χ0) is 22.8. The average Bonchev–Trinajstić information content (AvgIpc) is 3.12. The summed E-state index contributed by atoms with van der Waals surface area (Å²) in [6.45, 7) is 6.46. The molecule has 0 radical (unpaired) electrons. The van der Waals surface area contributed by atoms with E-state index in [1.807, 2.05) is 18.2 Å². The van der Waals surface area contributed by atoms with Crippen LogP contribution in [-0.4, -0.2) is 27.4 Å². The number of halogens is 1. The topological polar surface area (TPSA) is 71.7 Å². The molecule has 168 valence electrons. The van der Waals surface area contributed by atoms with E-state index in [2.05, 4.69) is 18.4 Å². The van der Waals surface area contributed by atoms with Gasteiger partial charge in [0.1, 0.15) is 11.6 Å². The van der Waals surface area contributed by atoms with Crippen molar-refractivity contribution >= 4 is 16.9 Å². The number of aromatic nitrogens is 1. The van der Waals surface area contributed by atoms with Gasteiger partial charge in [0.05, 0.1) is 23.6 Å². The zero-order valence-corrected chi connectivity index (χ0v) is 18.6. The number of fused-ring (bicyclic) bond motifs is 4. The number of carboxylic acid groups (broad SMARTS) is 1. The minimum absolute atomic E-state index is 0.178. The maximum atomic E-state index is 14.1. The van der Waals surface area contributed by atoms with Crippen LogP contribution in [0.25, 0.3) is 16.6 Å². The Morgan fingerprint density at radius 3 is 2.56 bits per heavy atom. The molecular weight excluding hydrogens is 409 g/mol. The molecule has 6 heteroatoms. The molecule has 0 saturated heterocycles. The predicted molar refractivity (Wildman–Crippen MR) is 120 cm³/mol. The summed E-state index contributed by atoms with van der Waals surface area (Å²) in [6.07, 6.45) is 2.24. The van der Waals surface area contributed by atoms with Gasteiger partial charge >= 0.3 is 5.97 Å². The molecule has 0 atom stereocenters. The highest BCUT2D eigenvalue weighted by Gasteiger charge is 2.50. The average molecular weight is 438 g/mol. The minimum Gasteiger partial charge on any atom is -0.507 e. The molecule has 0 amide bonds. The lowest BCUT2D eigenvalue weighted by Crippen LogP contribution is -2.46. The van der Waals surface area contributed by atoms with Crippen LogP contribution in [0, 0.1) is 18.7 Å². The summed E-state index contributed by atoms with van der Waals surface area (Å²) in [6, 6.07) is 10.5. The molecule has 0 unspecified atom stereocenters. The summed E-state index contributed by atoms with van der Waals surface area (Å²) in [4.78, 5) is 11.6. The van der Waals surface area contributed by atoms with Crippen molar-refractivity contribution < 1.29 is 24.1 Å². The van der Waals surface area contributed by atoms with Crippen molar-refractivity contribution in [2.45, 2.75) is 57.5 Å². The minimum atomic E-state index is -0.761. The summed E-state index contributed by atoms with van der Waals surface area (Å²) in [5.41, 5.74) is 3.23. The Kier molecular flexibility index (Phi) is 4.64. The highest BCUT2D eigenvalue weighted by atomic mass is 19.1. The van der Waals surface area contributed by atoms with E-state index in [1.165, 1.54) is 6.07 Å². The van der Waals surface area contributed by atoms with Crippen LogP contribution in [0.1, 0.15) is 56.4 Å². The molecule has 1 fully saturated rings. The summed E-state index contributed by atoms with van der Waals surface area (Å²) >= 11 is 0. The fourth-order valence-corrected chi connectivity index (χ4v) is 5.63. The van der Waals surface area contributed by atoms with Crippen molar-refractivity contribution in [2.24, 2.45) is 5.92 Å². The van der Waals surface area contributed by atoms with Gasteiger partial charge in [0.2, 0.25) is 0 Å². The molecule has 32 heavy (non-hydrogen) atoms. The first-order valence-electron chi connectivity index (χ1n) is 11.2. The molecule has 1 aliphatic heterocycles. The van der Waals surface area contributed by atoms with Gasteiger partial charge in [-0.3, -0.25) is 4.79 Å². The summed E-state index contributed by atoms with van der Waals surface area (Å²) in [5, 5.41) is 21.2. The monoisotopic (exact) mass is 437 g/mol. The Morgan fingerprint density at radius 2 is 1.91 bits per heavy atom. The number of hydrogen-bond donors (Lipinski definition) is 2. The van der Waals surface area contributed by atoms with Crippen LogP contribution in [0.15, 0.2) is 36.4 Å².